The fraction of sp³-hybridized carbons (Fsp3) is 0.133. The first-order chi connectivity index (χ1) is 18.9. The summed E-state index contributed by atoms with van der Waals surface area (Å²) in [6.45, 7) is 3.90. The summed E-state index contributed by atoms with van der Waals surface area (Å²) in [4.78, 5) is 37.7. The SMILES string of the molecule is CCOC(=O)c1ccc(-c2ccc(/C=C(/C#N)C(=O)Nc3scc(-c4ccccc4)c3C(=O)OCC)o2)cc1. The fourth-order valence-electron chi connectivity index (χ4n) is 3.72. The molecule has 4 aromatic rings. The Hall–Kier alpha value is -4.94. The van der Waals surface area contributed by atoms with Crippen LogP contribution < -0.4 is 5.32 Å². The Labute approximate surface area is 229 Å². The van der Waals surface area contributed by atoms with Gasteiger partial charge in [-0.1, -0.05) is 42.5 Å². The number of benzene rings is 2. The zero-order chi connectivity index (χ0) is 27.8. The van der Waals surface area contributed by atoms with Gasteiger partial charge >= 0.3 is 11.9 Å². The van der Waals surface area contributed by atoms with Crippen molar-refractivity contribution in [2.24, 2.45) is 0 Å². The minimum atomic E-state index is -0.693. The van der Waals surface area contributed by atoms with Crippen LogP contribution in [0.2, 0.25) is 0 Å². The lowest BCUT2D eigenvalue weighted by molar-refractivity contribution is -0.112. The second-order valence-electron chi connectivity index (χ2n) is 8.06. The van der Waals surface area contributed by atoms with Crippen LogP contribution in [0.4, 0.5) is 5.00 Å². The van der Waals surface area contributed by atoms with E-state index in [0.29, 0.717) is 22.5 Å². The third kappa shape index (κ3) is 6.32. The summed E-state index contributed by atoms with van der Waals surface area (Å²) in [5.41, 5.74) is 2.56. The maximum Gasteiger partial charge on any atom is 0.341 e. The number of ether oxygens (including phenoxy) is 2. The number of carbonyl (C=O) groups is 3. The lowest BCUT2D eigenvalue weighted by Crippen LogP contribution is -2.16. The summed E-state index contributed by atoms with van der Waals surface area (Å²) < 4.78 is 16.0. The highest BCUT2D eigenvalue weighted by molar-refractivity contribution is 7.15. The van der Waals surface area contributed by atoms with Gasteiger partial charge in [0.15, 0.2) is 0 Å². The number of esters is 2. The van der Waals surface area contributed by atoms with Crippen molar-refractivity contribution >= 4 is 40.3 Å². The molecule has 0 atom stereocenters. The fourth-order valence-corrected chi connectivity index (χ4v) is 4.67. The van der Waals surface area contributed by atoms with Crippen LogP contribution in [0, 0.1) is 11.3 Å². The van der Waals surface area contributed by atoms with E-state index in [1.807, 2.05) is 36.4 Å². The molecule has 2 aromatic heterocycles. The van der Waals surface area contributed by atoms with Gasteiger partial charge in [0, 0.05) is 22.6 Å². The molecule has 0 bridgehead atoms. The molecule has 0 spiro atoms. The predicted octanol–water partition coefficient (Wildman–Crippen LogP) is 6.57. The summed E-state index contributed by atoms with van der Waals surface area (Å²) in [7, 11) is 0. The lowest BCUT2D eigenvalue weighted by Gasteiger charge is -2.08. The van der Waals surface area contributed by atoms with Crippen LogP contribution in [-0.2, 0) is 14.3 Å². The number of nitrogens with zero attached hydrogens (tertiary/aromatic N) is 1. The lowest BCUT2D eigenvalue weighted by atomic mass is 10.0. The third-order valence-electron chi connectivity index (χ3n) is 5.54. The van der Waals surface area contributed by atoms with Crippen molar-refractivity contribution in [2.45, 2.75) is 13.8 Å². The van der Waals surface area contributed by atoms with Gasteiger partial charge in [-0.15, -0.1) is 11.3 Å². The highest BCUT2D eigenvalue weighted by Gasteiger charge is 2.24. The molecule has 0 aliphatic rings. The van der Waals surface area contributed by atoms with Gasteiger partial charge in [0.05, 0.1) is 18.8 Å². The van der Waals surface area contributed by atoms with E-state index in [9.17, 15) is 19.6 Å². The van der Waals surface area contributed by atoms with Crippen molar-refractivity contribution in [3.8, 4) is 28.5 Å². The molecule has 1 N–H and O–H groups in total. The van der Waals surface area contributed by atoms with E-state index in [-0.39, 0.29) is 35.1 Å². The average molecular weight is 541 g/mol. The number of thiophene rings is 1. The molecular formula is C30H24N2O6S. The first kappa shape index (κ1) is 27.1. The van der Waals surface area contributed by atoms with Crippen LogP contribution in [0.3, 0.4) is 0 Å². The maximum absolute atomic E-state index is 13.0. The zero-order valence-electron chi connectivity index (χ0n) is 21.2. The third-order valence-corrected chi connectivity index (χ3v) is 6.44. The van der Waals surface area contributed by atoms with Crippen molar-refractivity contribution in [1.29, 1.82) is 5.26 Å². The highest BCUT2D eigenvalue weighted by Crippen LogP contribution is 2.36. The van der Waals surface area contributed by atoms with E-state index >= 15 is 0 Å². The number of nitriles is 1. The highest BCUT2D eigenvalue weighted by atomic mass is 32.1. The molecule has 0 aliphatic carbocycles. The first-order valence-corrected chi connectivity index (χ1v) is 13.0. The molecule has 0 radical (unpaired) electrons. The van der Waals surface area contributed by atoms with Gasteiger partial charge in [0.2, 0.25) is 0 Å². The van der Waals surface area contributed by atoms with Crippen LogP contribution in [0.25, 0.3) is 28.5 Å². The number of rotatable bonds is 9. The van der Waals surface area contributed by atoms with Crippen molar-refractivity contribution in [2.75, 3.05) is 18.5 Å². The first-order valence-electron chi connectivity index (χ1n) is 12.1. The molecule has 0 unspecified atom stereocenters. The van der Waals surface area contributed by atoms with E-state index in [1.54, 1.807) is 55.6 Å². The zero-order valence-corrected chi connectivity index (χ0v) is 22.0. The topological polar surface area (TPSA) is 119 Å². The minimum absolute atomic E-state index is 0.173. The normalized spacial score (nSPS) is 10.9. The molecule has 0 aliphatic heterocycles. The summed E-state index contributed by atoms with van der Waals surface area (Å²) in [5.74, 6) is -0.900. The summed E-state index contributed by atoms with van der Waals surface area (Å²) >= 11 is 1.17. The second kappa shape index (κ2) is 12.5. The smallest absolute Gasteiger partial charge is 0.341 e. The Bertz CT molecular complexity index is 1560. The largest absolute Gasteiger partial charge is 0.462 e. The van der Waals surface area contributed by atoms with Gasteiger partial charge in [-0.3, -0.25) is 4.79 Å². The number of hydrogen-bond donors (Lipinski definition) is 1. The average Bonchev–Trinajstić information content (AvgIpc) is 3.60. The molecular weight excluding hydrogens is 516 g/mol. The Morgan fingerprint density at radius 2 is 1.62 bits per heavy atom. The summed E-state index contributed by atoms with van der Waals surface area (Å²) in [5, 5.41) is 14.4. The molecule has 196 valence electrons. The van der Waals surface area contributed by atoms with Crippen molar-refractivity contribution < 1.29 is 28.3 Å². The molecule has 0 saturated heterocycles. The molecule has 0 fully saturated rings. The number of furan rings is 1. The molecule has 0 saturated carbocycles. The van der Waals surface area contributed by atoms with Gasteiger partial charge < -0.3 is 19.2 Å². The Morgan fingerprint density at radius 3 is 2.28 bits per heavy atom. The van der Waals surface area contributed by atoms with Crippen molar-refractivity contribution in [3.63, 3.8) is 0 Å². The van der Waals surface area contributed by atoms with E-state index in [1.165, 1.54) is 17.4 Å². The molecule has 39 heavy (non-hydrogen) atoms. The van der Waals surface area contributed by atoms with Gasteiger partial charge in [-0.05, 0) is 43.7 Å². The van der Waals surface area contributed by atoms with Gasteiger partial charge in [-0.2, -0.15) is 5.26 Å². The molecule has 9 heteroatoms. The standard InChI is InChI=1S/C30H24N2O6S/c1-3-36-29(34)21-12-10-20(11-13-21)25-15-14-23(38-25)16-22(17-31)27(33)32-28-26(30(35)37-4-2)24(18-39-28)19-8-6-5-7-9-19/h5-16,18H,3-4H2,1-2H3,(H,32,33)/b22-16-. The van der Waals surface area contributed by atoms with E-state index < -0.39 is 17.8 Å². The van der Waals surface area contributed by atoms with Gasteiger partial charge in [0.1, 0.15) is 33.7 Å². The van der Waals surface area contributed by atoms with Crippen LogP contribution in [-0.4, -0.2) is 31.1 Å². The Morgan fingerprint density at radius 1 is 0.923 bits per heavy atom. The van der Waals surface area contributed by atoms with Crippen LogP contribution in [0.15, 0.2) is 82.1 Å². The summed E-state index contributed by atoms with van der Waals surface area (Å²) in [6, 6.07) is 21.2. The number of carbonyl (C=O) groups excluding carboxylic acids is 3. The predicted molar refractivity (Wildman–Crippen MR) is 148 cm³/mol. The van der Waals surface area contributed by atoms with Gasteiger partial charge in [0.25, 0.3) is 5.91 Å². The van der Waals surface area contributed by atoms with E-state index in [4.69, 9.17) is 13.9 Å². The van der Waals surface area contributed by atoms with E-state index in [2.05, 4.69) is 5.32 Å². The van der Waals surface area contributed by atoms with E-state index in [0.717, 1.165) is 5.56 Å². The number of amides is 1. The molecule has 2 heterocycles. The minimum Gasteiger partial charge on any atom is -0.462 e. The maximum atomic E-state index is 13.0. The van der Waals surface area contributed by atoms with Crippen molar-refractivity contribution in [3.05, 3.63) is 94.6 Å². The van der Waals surface area contributed by atoms with Crippen LogP contribution in [0.1, 0.15) is 40.3 Å². The van der Waals surface area contributed by atoms with Crippen LogP contribution >= 0.6 is 11.3 Å². The molecule has 4 rings (SSSR count). The van der Waals surface area contributed by atoms with Gasteiger partial charge in [-0.25, -0.2) is 9.59 Å². The molecule has 2 aromatic carbocycles. The van der Waals surface area contributed by atoms with Crippen LogP contribution in [0.5, 0.6) is 0 Å². The second-order valence-corrected chi connectivity index (χ2v) is 8.94. The van der Waals surface area contributed by atoms with Crippen molar-refractivity contribution in [1.82, 2.24) is 0 Å². The quantitative estimate of drug-likeness (QED) is 0.145. The number of nitrogens with one attached hydrogen (secondary N) is 1. The monoisotopic (exact) mass is 540 g/mol. The molecule has 1 amide bonds. The molecule has 8 nitrogen and oxygen atoms in total. The Kier molecular flexibility index (Phi) is 8.71. The number of anilines is 1. The summed E-state index contributed by atoms with van der Waals surface area (Å²) in [6.07, 6.45) is 1.32. The Balaban J connectivity index is 1.56. The number of hydrogen-bond acceptors (Lipinski definition) is 8.